The number of hydrogen-bond acceptors (Lipinski definition) is 4. The van der Waals surface area contributed by atoms with Crippen molar-refractivity contribution in [2.75, 3.05) is 26.3 Å². The highest BCUT2D eigenvalue weighted by Crippen LogP contribution is 2.17. The van der Waals surface area contributed by atoms with Crippen LogP contribution in [0.25, 0.3) is 17.0 Å². The molecule has 0 radical (unpaired) electrons. The number of benzene rings is 1. The molecule has 3 heterocycles. The topological polar surface area (TPSA) is 59.0 Å². The maximum atomic E-state index is 5.38. The monoisotopic (exact) mass is 283 g/mol. The highest BCUT2D eigenvalue weighted by atomic mass is 16.5. The lowest BCUT2D eigenvalue weighted by Crippen LogP contribution is -2.35. The minimum atomic E-state index is 0.749. The maximum Gasteiger partial charge on any atom is 0.229 e. The summed E-state index contributed by atoms with van der Waals surface area (Å²) >= 11 is 0. The molecule has 0 saturated carbocycles. The van der Waals surface area contributed by atoms with Crippen molar-refractivity contribution in [3.63, 3.8) is 0 Å². The molecule has 4 rings (SSSR count). The number of aromatic amines is 1. The van der Waals surface area contributed by atoms with Crippen molar-refractivity contribution in [2.45, 2.75) is 6.54 Å². The van der Waals surface area contributed by atoms with Gasteiger partial charge >= 0.3 is 0 Å². The summed E-state index contributed by atoms with van der Waals surface area (Å²) < 4.78 is 7.12. The Balaban J connectivity index is 1.60. The van der Waals surface area contributed by atoms with Crippen LogP contribution >= 0.6 is 0 Å². The molecule has 0 atom stereocenters. The number of ether oxygens (including phenoxy) is 1. The predicted molar refractivity (Wildman–Crippen MR) is 79.3 cm³/mol. The molecule has 0 unspecified atom stereocenters. The van der Waals surface area contributed by atoms with Crippen molar-refractivity contribution < 1.29 is 4.74 Å². The maximum absolute atomic E-state index is 5.38. The quantitative estimate of drug-likeness (QED) is 0.793. The van der Waals surface area contributed by atoms with Crippen LogP contribution < -0.4 is 0 Å². The molecule has 0 bridgehead atoms. The highest BCUT2D eigenvalue weighted by molar-refractivity contribution is 5.77. The molecule has 0 spiro atoms. The second-order valence-electron chi connectivity index (χ2n) is 5.25. The Labute approximate surface area is 122 Å². The van der Waals surface area contributed by atoms with E-state index in [9.17, 15) is 0 Å². The van der Waals surface area contributed by atoms with E-state index in [1.54, 1.807) is 10.9 Å². The van der Waals surface area contributed by atoms with Crippen LogP contribution in [0.5, 0.6) is 0 Å². The number of rotatable bonds is 3. The molecule has 1 fully saturated rings. The second kappa shape index (κ2) is 5.31. The smallest absolute Gasteiger partial charge is 0.229 e. The minimum Gasteiger partial charge on any atom is -0.379 e. The Morgan fingerprint density at radius 3 is 2.95 bits per heavy atom. The zero-order valence-electron chi connectivity index (χ0n) is 11.7. The van der Waals surface area contributed by atoms with Gasteiger partial charge in [-0.05, 0) is 23.8 Å². The fraction of sp³-hybridized carbons (Fsp3) is 0.333. The summed E-state index contributed by atoms with van der Waals surface area (Å²) in [6, 6.07) is 8.27. The number of morpholine rings is 1. The van der Waals surface area contributed by atoms with Crippen LogP contribution in [0.2, 0.25) is 0 Å². The van der Waals surface area contributed by atoms with Crippen molar-refractivity contribution >= 4 is 11.0 Å². The minimum absolute atomic E-state index is 0.749. The van der Waals surface area contributed by atoms with E-state index in [1.165, 1.54) is 5.56 Å². The van der Waals surface area contributed by atoms with E-state index in [0.29, 0.717) is 0 Å². The van der Waals surface area contributed by atoms with Gasteiger partial charge in [-0.1, -0.05) is 6.07 Å². The predicted octanol–water partition coefficient (Wildman–Crippen LogP) is 1.58. The van der Waals surface area contributed by atoms with Gasteiger partial charge in [0.25, 0.3) is 0 Å². The molecule has 0 aliphatic carbocycles. The molecular formula is C15H17N5O. The zero-order valence-corrected chi connectivity index (χ0v) is 11.7. The number of hydrogen-bond donors (Lipinski definition) is 1. The number of imidazole rings is 1. The van der Waals surface area contributed by atoms with Crippen molar-refractivity contribution in [3.8, 4) is 5.95 Å². The molecule has 1 aliphatic rings. The molecule has 1 aliphatic heterocycles. The zero-order chi connectivity index (χ0) is 14.1. The fourth-order valence-corrected chi connectivity index (χ4v) is 2.66. The second-order valence-corrected chi connectivity index (χ2v) is 5.25. The van der Waals surface area contributed by atoms with Gasteiger partial charge in [-0.2, -0.15) is 5.10 Å². The van der Waals surface area contributed by atoms with Crippen LogP contribution in [0.4, 0.5) is 0 Å². The summed E-state index contributed by atoms with van der Waals surface area (Å²) in [4.78, 5) is 10.3. The summed E-state index contributed by atoms with van der Waals surface area (Å²) in [5, 5.41) is 4.20. The normalized spacial score (nSPS) is 16.6. The van der Waals surface area contributed by atoms with Crippen LogP contribution in [0, 0.1) is 0 Å². The molecule has 21 heavy (non-hydrogen) atoms. The average molecular weight is 283 g/mol. The Kier molecular flexibility index (Phi) is 3.17. The van der Waals surface area contributed by atoms with Gasteiger partial charge < -0.3 is 9.72 Å². The van der Waals surface area contributed by atoms with Gasteiger partial charge in [-0.25, -0.2) is 9.67 Å². The van der Waals surface area contributed by atoms with Crippen LogP contribution in [-0.4, -0.2) is 51.0 Å². The Hall–Kier alpha value is -2.18. The molecular weight excluding hydrogens is 266 g/mol. The third-order valence-electron chi connectivity index (χ3n) is 3.77. The summed E-state index contributed by atoms with van der Waals surface area (Å²) in [7, 11) is 0. The largest absolute Gasteiger partial charge is 0.379 e. The summed E-state index contributed by atoms with van der Waals surface area (Å²) in [6.45, 7) is 4.61. The van der Waals surface area contributed by atoms with Gasteiger partial charge in [-0.15, -0.1) is 0 Å². The fourth-order valence-electron chi connectivity index (χ4n) is 2.66. The molecule has 1 aromatic carbocycles. The number of fused-ring (bicyclic) bond motifs is 1. The lowest BCUT2D eigenvalue weighted by Gasteiger charge is -2.26. The van der Waals surface area contributed by atoms with Crippen molar-refractivity contribution in [2.24, 2.45) is 0 Å². The molecule has 0 amide bonds. The molecule has 1 saturated heterocycles. The SMILES string of the molecule is c1cnn(-c2nc3ccc(CN4CCOCC4)cc3[nH]2)c1. The Morgan fingerprint density at radius 2 is 2.14 bits per heavy atom. The number of aromatic nitrogens is 4. The van der Waals surface area contributed by atoms with Crippen LogP contribution in [0.1, 0.15) is 5.56 Å². The van der Waals surface area contributed by atoms with E-state index in [0.717, 1.165) is 49.8 Å². The first-order valence-electron chi connectivity index (χ1n) is 7.17. The number of nitrogens with one attached hydrogen (secondary N) is 1. The van der Waals surface area contributed by atoms with Gasteiger partial charge in [0, 0.05) is 32.0 Å². The average Bonchev–Trinajstić information content (AvgIpc) is 3.17. The van der Waals surface area contributed by atoms with Crippen LogP contribution in [-0.2, 0) is 11.3 Å². The van der Waals surface area contributed by atoms with Gasteiger partial charge in [0.1, 0.15) is 0 Å². The van der Waals surface area contributed by atoms with E-state index < -0.39 is 0 Å². The van der Waals surface area contributed by atoms with Crippen LogP contribution in [0.15, 0.2) is 36.7 Å². The van der Waals surface area contributed by atoms with E-state index in [2.05, 4.69) is 38.2 Å². The van der Waals surface area contributed by atoms with Gasteiger partial charge in [-0.3, -0.25) is 4.90 Å². The van der Waals surface area contributed by atoms with Gasteiger partial charge in [0.2, 0.25) is 5.95 Å². The van der Waals surface area contributed by atoms with E-state index in [4.69, 9.17) is 4.74 Å². The molecule has 108 valence electrons. The van der Waals surface area contributed by atoms with Crippen molar-refractivity contribution in [3.05, 3.63) is 42.2 Å². The van der Waals surface area contributed by atoms with E-state index in [-0.39, 0.29) is 0 Å². The van der Waals surface area contributed by atoms with E-state index >= 15 is 0 Å². The van der Waals surface area contributed by atoms with Crippen molar-refractivity contribution in [1.29, 1.82) is 0 Å². The number of H-pyrrole nitrogens is 1. The molecule has 2 aromatic heterocycles. The van der Waals surface area contributed by atoms with Crippen molar-refractivity contribution in [1.82, 2.24) is 24.6 Å². The first-order valence-corrected chi connectivity index (χ1v) is 7.17. The first kappa shape index (κ1) is 12.6. The molecule has 3 aromatic rings. The standard InChI is InChI=1S/C15H17N5O/c1-4-16-20(5-1)15-17-13-3-2-12(10-14(13)18-15)11-19-6-8-21-9-7-19/h1-5,10H,6-9,11H2,(H,17,18). The Bertz CT molecular complexity index is 728. The highest BCUT2D eigenvalue weighted by Gasteiger charge is 2.12. The van der Waals surface area contributed by atoms with Gasteiger partial charge in [0.05, 0.1) is 24.2 Å². The van der Waals surface area contributed by atoms with Crippen LogP contribution in [0.3, 0.4) is 0 Å². The molecule has 6 nitrogen and oxygen atoms in total. The number of nitrogens with zero attached hydrogens (tertiary/aromatic N) is 4. The third kappa shape index (κ3) is 2.55. The first-order chi connectivity index (χ1) is 10.4. The summed E-state index contributed by atoms with van der Waals surface area (Å²) in [6.07, 6.45) is 3.63. The van der Waals surface area contributed by atoms with E-state index in [1.807, 2.05) is 12.3 Å². The summed E-state index contributed by atoms with van der Waals surface area (Å²) in [5.74, 6) is 0.749. The lowest BCUT2D eigenvalue weighted by atomic mass is 10.2. The van der Waals surface area contributed by atoms with Gasteiger partial charge in [0.15, 0.2) is 0 Å². The lowest BCUT2D eigenvalue weighted by molar-refractivity contribution is 0.0342. The molecule has 1 N–H and O–H groups in total. The summed E-state index contributed by atoms with van der Waals surface area (Å²) in [5.41, 5.74) is 3.30. The molecule has 6 heteroatoms. The Morgan fingerprint density at radius 1 is 1.24 bits per heavy atom. The third-order valence-corrected chi connectivity index (χ3v) is 3.77.